The highest BCUT2D eigenvalue weighted by molar-refractivity contribution is 6.30. The molecule has 5 nitrogen and oxygen atoms in total. The third-order valence-corrected chi connectivity index (χ3v) is 4.48. The zero-order valence-electron chi connectivity index (χ0n) is 13.5. The molecular formula is C19H17ClN4O. The summed E-state index contributed by atoms with van der Waals surface area (Å²) in [4.78, 5) is 12.5. The van der Waals surface area contributed by atoms with Gasteiger partial charge in [-0.2, -0.15) is 5.10 Å². The smallest absolute Gasteiger partial charge is 0.276 e. The van der Waals surface area contributed by atoms with Gasteiger partial charge in [0.15, 0.2) is 5.69 Å². The normalized spacial score (nSPS) is 13.3. The number of benzene rings is 2. The lowest BCUT2D eigenvalue weighted by molar-refractivity contribution is 0.102. The zero-order chi connectivity index (χ0) is 17.2. The summed E-state index contributed by atoms with van der Waals surface area (Å²) in [5.74, 6) is -0.227. The molecule has 1 aliphatic rings. The van der Waals surface area contributed by atoms with E-state index >= 15 is 0 Å². The van der Waals surface area contributed by atoms with Crippen molar-refractivity contribution in [2.75, 3.05) is 11.9 Å². The molecule has 0 saturated heterocycles. The van der Waals surface area contributed by atoms with Crippen molar-refractivity contribution in [2.45, 2.75) is 13.0 Å². The molecule has 6 heteroatoms. The summed E-state index contributed by atoms with van der Waals surface area (Å²) in [5.41, 5.74) is 4.53. The lowest BCUT2D eigenvalue weighted by Crippen LogP contribution is -2.23. The van der Waals surface area contributed by atoms with Crippen LogP contribution in [0.4, 0.5) is 5.69 Å². The number of amides is 1. The number of nitrogens with zero attached hydrogens (tertiary/aromatic N) is 2. The van der Waals surface area contributed by atoms with Crippen molar-refractivity contribution in [3.63, 3.8) is 0 Å². The van der Waals surface area contributed by atoms with E-state index in [2.05, 4.69) is 21.8 Å². The predicted molar refractivity (Wildman–Crippen MR) is 98.4 cm³/mol. The van der Waals surface area contributed by atoms with Crippen molar-refractivity contribution in [3.8, 4) is 5.69 Å². The van der Waals surface area contributed by atoms with E-state index in [-0.39, 0.29) is 5.91 Å². The maximum absolute atomic E-state index is 12.5. The Morgan fingerprint density at radius 3 is 2.96 bits per heavy atom. The molecule has 0 spiro atoms. The van der Waals surface area contributed by atoms with Crippen LogP contribution < -0.4 is 10.6 Å². The quantitative estimate of drug-likeness (QED) is 0.759. The molecule has 0 aliphatic carbocycles. The molecule has 0 bridgehead atoms. The predicted octanol–water partition coefficient (Wildman–Crippen LogP) is 3.42. The molecule has 0 atom stereocenters. The Labute approximate surface area is 150 Å². The first-order valence-corrected chi connectivity index (χ1v) is 8.52. The average molecular weight is 353 g/mol. The van der Waals surface area contributed by atoms with Crippen LogP contribution in [0.15, 0.2) is 54.7 Å². The highest BCUT2D eigenvalue weighted by atomic mass is 35.5. The number of aromatic nitrogens is 2. The highest BCUT2D eigenvalue weighted by Crippen LogP contribution is 2.20. The Morgan fingerprint density at radius 2 is 2.08 bits per heavy atom. The van der Waals surface area contributed by atoms with E-state index < -0.39 is 0 Å². The molecule has 2 aromatic carbocycles. The first-order chi connectivity index (χ1) is 12.2. The lowest BCUT2D eigenvalue weighted by Gasteiger charge is -2.17. The number of carbonyl (C=O) groups excluding carboxylic acids is 1. The van der Waals surface area contributed by atoms with Crippen LogP contribution in [0.5, 0.6) is 0 Å². The number of nitrogens with one attached hydrogen (secondary N) is 2. The summed E-state index contributed by atoms with van der Waals surface area (Å²) >= 11 is 6.00. The number of rotatable bonds is 3. The van der Waals surface area contributed by atoms with Gasteiger partial charge in [-0.15, -0.1) is 0 Å². The standard InChI is InChI=1S/C19H17ClN4O/c20-15-2-1-3-17(11-15)24-9-7-18(23-24)19(25)22-16-5-4-14-12-21-8-6-13(14)10-16/h1-5,7,9-11,21H,6,8,12H2,(H,22,25). The van der Waals surface area contributed by atoms with Crippen LogP contribution in [0.25, 0.3) is 5.69 Å². The van der Waals surface area contributed by atoms with E-state index in [9.17, 15) is 4.79 Å². The minimum Gasteiger partial charge on any atom is -0.321 e. The van der Waals surface area contributed by atoms with Crippen molar-refractivity contribution in [1.29, 1.82) is 0 Å². The summed E-state index contributed by atoms with van der Waals surface area (Å²) in [5, 5.41) is 11.2. The second-order valence-corrected chi connectivity index (χ2v) is 6.43. The van der Waals surface area contributed by atoms with Gasteiger partial charge in [-0.25, -0.2) is 4.68 Å². The van der Waals surface area contributed by atoms with Crippen molar-refractivity contribution in [1.82, 2.24) is 15.1 Å². The minimum atomic E-state index is -0.227. The fourth-order valence-corrected chi connectivity index (χ4v) is 3.14. The van der Waals surface area contributed by atoms with Crippen LogP contribution in [0.1, 0.15) is 21.6 Å². The van der Waals surface area contributed by atoms with E-state index in [0.29, 0.717) is 10.7 Å². The Balaban J connectivity index is 1.52. The van der Waals surface area contributed by atoms with E-state index in [4.69, 9.17) is 11.6 Å². The summed E-state index contributed by atoms with van der Waals surface area (Å²) in [7, 11) is 0. The van der Waals surface area contributed by atoms with E-state index in [0.717, 1.165) is 30.9 Å². The third-order valence-electron chi connectivity index (χ3n) is 4.25. The van der Waals surface area contributed by atoms with Gasteiger partial charge < -0.3 is 10.6 Å². The number of carbonyl (C=O) groups is 1. The number of hydrogen-bond donors (Lipinski definition) is 2. The van der Waals surface area contributed by atoms with Crippen molar-refractivity contribution >= 4 is 23.2 Å². The zero-order valence-corrected chi connectivity index (χ0v) is 14.3. The number of hydrogen-bond acceptors (Lipinski definition) is 3. The van der Waals surface area contributed by atoms with Crippen molar-refractivity contribution in [3.05, 3.63) is 76.6 Å². The van der Waals surface area contributed by atoms with Gasteiger partial charge >= 0.3 is 0 Å². The van der Waals surface area contributed by atoms with Gasteiger partial charge in [-0.05, 0) is 60.5 Å². The second kappa shape index (κ2) is 6.70. The van der Waals surface area contributed by atoms with E-state index in [1.54, 1.807) is 29.1 Å². The average Bonchev–Trinajstić information content (AvgIpc) is 3.12. The fraction of sp³-hybridized carbons (Fsp3) is 0.158. The Kier molecular flexibility index (Phi) is 4.26. The Morgan fingerprint density at radius 1 is 1.16 bits per heavy atom. The van der Waals surface area contributed by atoms with Gasteiger partial charge in [-0.3, -0.25) is 4.79 Å². The van der Waals surface area contributed by atoms with Gasteiger partial charge in [0.25, 0.3) is 5.91 Å². The largest absolute Gasteiger partial charge is 0.321 e. The van der Waals surface area contributed by atoms with Gasteiger partial charge in [-0.1, -0.05) is 23.7 Å². The molecule has 0 unspecified atom stereocenters. The Bertz CT molecular complexity index is 935. The second-order valence-electron chi connectivity index (χ2n) is 5.99. The first kappa shape index (κ1) is 15.9. The first-order valence-electron chi connectivity index (χ1n) is 8.14. The molecule has 0 fully saturated rings. The fourth-order valence-electron chi connectivity index (χ4n) is 2.96. The molecule has 4 rings (SSSR count). The van der Waals surface area contributed by atoms with Crippen LogP contribution in [0.2, 0.25) is 5.02 Å². The van der Waals surface area contributed by atoms with Crippen LogP contribution in [-0.2, 0) is 13.0 Å². The minimum absolute atomic E-state index is 0.227. The molecule has 1 aliphatic heterocycles. The van der Waals surface area contributed by atoms with Crippen LogP contribution in [0, 0.1) is 0 Å². The third kappa shape index (κ3) is 3.43. The summed E-state index contributed by atoms with van der Waals surface area (Å²) in [6, 6.07) is 15.1. The van der Waals surface area contributed by atoms with Gasteiger partial charge in [0.2, 0.25) is 0 Å². The van der Waals surface area contributed by atoms with Crippen molar-refractivity contribution in [2.24, 2.45) is 0 Å². The maximum Gasteiger partial charge on any atom is 0.276 e. The number of halogens is 1. The van der Waals surface area contributed by atoms with Crippen LogP contribution in [0.3, 0.4) is 0 Å². The molecule has 0 radical (unpaired) electrons. The van der Waals surface area contributed by atoms with Crippen molar-refractivity contribution < 1.29 is 4.79 Å². The Hall–Kier alpha value is -2.63. The monoisotopic (exact) mass is 352 g/mol. The maximum atomic E-state index is 12.5. The lowest BCUT2D eigenvalue weighted by atomic mass is 10.0. The summed E-state index contributed by atoms with van der Waals surface area (Å²) < 4.78 is 1.64. The number of fused-ring (bicyclic) bond motifs is 1. The van der Waals surface area contributed by atoms with E-state index in [1.807, 2.05) is 24.3 Å². The molecule has 25 heavy (non-hydrogen) atoms. The summed E-state index contributed by atoms with van der Waals surface area (Å²) in [6.07, 6.45) is 2.72. The number of anilines is 1. The van der Waals surface area contributed by atoms with Crippen LogP contribution >= 0.6 is 11.6 Å². The topological polar surface area (TPSA) is 59.0 Å². The molecule has 0 saturated carbocycles. The summed E-state index contributed by atoms with van der Waals surface area (Å²) in [6.45, 7) is 1.85. The van der Waals surface area contributed by atoms with Gasteiger partial charge in [0.1, 0.15) is 0 Å². The van der Waals surface area contributed by atoms with Gasteiger partial charge in [0, 0.05) is 23.5 Å². The molecule has 2 heterocycles. The SMILES string of the molecule is O=C(Nc1ccc2c(c1)CCNC2)c1ccn(-c2cccc(Cl)c2)n1. The molecule has 1 amide bonds. The molecule has 1 aromatic heterocycles. The molecule has 2 N–H and O–H groups in total. The molecular weight excluding hydrogens is 336 g/mol. The molecule has 3 aromatic rings. The van der Waals surface area contributed by atoms with Crippen LogP contribution in [-0.4, -0.2) is 22.2 Å². The van der Waals surface area contributed by atoms with E-state index in [1.165, 1.54) is 11.1 Å². The molecule has 126 valence electrons. The highest BCUT2D eigenvalue weighted by Gasteiger charge is 2.13. The van der Waals surface area contributed by atoms with Gasteiger partial charge in [0.05, 0.1) is 5.69 Å².